The first-order valence-electron chi connectivity index (χ1n) is 8.53. The van der Waals surface area contributed by atoms with Gasteiger partial charge in [-0.3, -0.25) is 15.6 Å². The summed E-state index contributed by atoms with van der Waals surface area (Å²) < 4.78 is 5.12. The van der Waals surface area contributed by atoms with Crippen molar-refractivity contribution in [3.8, 4) is 5.75 Å². The number of amides is 1. The summed E-state index contributed by atoms with van der Waals surface area (Å²) in [5, 5.41) is 3.32. The van der Waals surface area contributed by atoms with Crippen LogP contribution < -0.4 is 25.8 Å². The summed E-state index contributed by atoms with van der Waals surface area (Å²) in [4.78, 5) is 14.8. The van der Waals surface area contributed by atoms with Gasteiger partial charge in [0.15, 0.2) is 5.11 Å². The predicted molar refractivity (Wildman–Crippen MR) is 108 cm³/mol. The smallest absolute Gasteiger partial charge is 0.271 e. The lowest BCUT2D eigenvalue weighted by Gasteiger charge is -2.21. The summed E-state index contributed by atoms with van der Waals surface area (Å²) >= 11 is 5.23. The molecule has 3 rings (SSSR count). The molecule has 1 heterocycles. The zero-order chi connectivity index (χ0) is 18.4. The van der Waals surface area contributed by atoms with Gasteiger partial charge in [0.05, 0.1) is 12.7 Å². The number of hydrazine groups is 1. The molecule has 3 N–H and O–H groups in total. The Morgan fingerprint density at radius 1 is 1.04 bits per heavy atom. The van der Waals surface area contributed by atoms with E-state index < -0.39 is 0 Å². The van der Waals surface area contributed by atoms with E-state index in [2.05, 4.69) is 21.1 Å². The van der Waals surface area contributed by atoms with Crippen LogP contribution in [-0.2, 0) is 0 Å². The third-order valence-electron chi connectivity index (χ3n) is 4.23. The van der Waals surface area contributed by atoms with Crippen LogP contribution in [0.15, 0.2) is 48.5 Å². The van der Waals surface area contributed by atoms with E-state index in [1.165, 1.54) is 0 Å². The Morgan fingerprint density at radius 2 is 1.73 bits per heavy atom. The van der Waals surface area contributed by atoms with Crippen LogP contribution in [0.4, 0.5) is 11.4 Å². The number of thiocarbonyl (C=S) groups is 1. The van der Waals surface area contributed by atoms with Gasteiger partial charge in [-0.25, -0.2) is 0 Å². The Kier molecular flexibility index (Phi) is 5.91. The van der Waals surface area contributed by atoms with E-state index in [1.807, 2.05) is 48.5 Å². The van der Waals surface area contributed by atoms with Crippen LogP contribution in [0.1, 0.15) is 23.2 Å². The minimum Gasteiger partial charge on any atom is -0.497 e. The monoisotopic (exact) mass is 370 g/mol. The Bertz CT molecular complexity index is 773. The Balaban J connectivity index is 1.57. The molecular formula is C19H22N4O2S. The average molecular weight is 370 g/mol. The molecular weight excluding hydrogens is 348 g/mol. The second kappa shape index (κ2) is 8.53. The highest BCUT2D eigenvalue weighted by Gasteiger charge is 2.19. The maximum atomic E-state index is 12.6. The number of nitrogens with one attached hydrogen (secondary N) is 3. The highest BCUT2D eigenvalue weighted by molar-refractivity contribution is 7.80. The molecule has 0 bridgehead atoms. The van der Waals surface area contributed by atoms with Gasteiger partial charge in [-0.05, 0) is 61.5 Å². The van der Waals surface area contributed by atoms with Crippen LogP contribution in [0.2, 0.25) is 0 Å². The van der Waals surface area contributed by atoms with E-state index in [-0.39, 0.29) is 5.91 Å². The lowest BCUT2D eigenvalue weighted by atomic mass is 10.1. The number of anilines is 2. The highest BCUT2D eigenvalue weighted by atomic mass is 32.1. The Morgan fingerprint density at radius 3 is 2.42 bits per heavy atom. The minimum atomic E-state index is -0.216. The quantitative estimate of drug-likeness (QED) is 0.568. The lowest BCUT2D eigenvalue weighted by Crippen LogP contribution is -2.44. The summed E-state index contributed by atoms with van der Waals surface area (Å²) in [6.45, 7) is 1.96. The second-order valence-corrected chi connectivity index (χ2v) is 6.38. The second-order valence-electron chi connectivity index (χ2n) is 5.97. The molecule has 0 atom stereocenters. The molecule has 0 unspecified atom stereocenters. The zero-order valence-electron chi connectivity index (χ0n) is 14.6. The van der Waals surface area contributed by atoms with Crippen molar-refractivity contribution < 1.29 is 9.53 Å². The number of hydrogen-bond donors (Lipinski definition) is 3. The maximum Gasteiger partial charge on any atom is 0.271 e. The molecule has 0 aliphatic carbocycles. The molecule has 136 valence electrons. The van der Waals surface area contributed by atoms with Gasteiger partial charge >= 0.3 is 0 Å². The van der Waals surface area contributed by atoms with Crippen LogP contribution in [-0.4, -0.2) is 31.2 Å². The van der Waals surface area contributed by atoms with Gasteiger partial charge in [-0.15, -0.1) is 0 Å². The molecule has 2 aromatic carbocycles. The van der Waals surface area contributed by atoms with Crippen LogP contribution in [0.25, 0.3) is 0 Å². The highest BCUT2D eigenvalue weighted by Crippen LogP contribution is 2.24. The van der Waals surface area contributed by atoms with Gasteiger partial charge in [0.1, 0.15) is 5.75 Å². The third kappa shape index (κ3) is 4.43. The number of benzene rings is 2. The molecule has 26 heavy (non-hydrogen) atoms. The number of carbonyl (C=O) groups is 1. The molecule has 1 aliphatic heterocycles. The van der Waals surface area contributed by atoms with Crippen LogP contribution >= 0.6 is 12.2 Å². The first kappa shape index (κ1) is 18.0. The fourth-order valence-corrected chi connectivity index (χ4v) is 3.09. The van der Waals surface area contributed by atoms with E-state index in [4.69, 9.17) is 17.0 Å². The Hall–Kier alpha value is -2.80. The van der Waals surface area contributed by atoms with E-state index in [0.29, 0.717) is 10.7 Å². The number of rotatable bonds is 4. The largest absolute Gasteiger partial charge is 0.497 e. The van der Waals surface area contributed by atoms with Gasteiger partial charge < -0.3 is 15.0 Å². The van der Waals surface area contributed by atoms with Crippen LogP contribution in [0.3, 0.4) is 0 Å². The minimum absolute atomic E-state index is 0.216. The molecule has 2 aromatic rings. The summed E-state index contributed by atoms with van der Waals surface area (Å²) in [5.41, 5.74) is 7.80. The fourth-order valence-electron chi connectivity index (χ4n) is 2.92. The maximum absolute atomic E-state index is 12.6. The van der Waals surface area contributed by atoms with Crippen molar-refractivity contribution in [3.63, 3.8) is 0 Å². The van der Waals surface area contributed by atoms with Crippen LogP contribution in [0.5, 0.6) is 5.75 Å². The van der Waals surface area contributed by atoms with Crippen molar-refractivity contribution in [3.05, 3.63) is 54.1 Å². The summed E-state index contributed by atoms with van der Waals surface area (Å²) in [5.74, 6) is 0.549. The standard InChI is InChI=1S/C19H22N4O2S/c1-25-15-10-8-14(9-11-15)20-19(26)22-21-18(24)16-6-2-3-7-17(16)23-12-4-5-13-23/h2-3,6-11H,4-5,12-13H2,1H3,(H,21,24)(H2,20,22,26). The molecule has 7 heteroatoms. The molecule has 6 nitrogen and oxygen atoms in total. The zero-order valence-corrected chi connectivity index (χ0v) is 15.4. The van der Waals surface area contributed by atoms with Gasteiger partial charge in [-0.2, -0.15) is 0 Å². The van der Waals surface area contributed by atoms with Crippen molar-refractivity contribution in [1.29, 1.82) is 0 Å². The topological polar surface area (TPSA) is 65.6 Å². The molecule has 1 fully saturated rings. The number of nitrogens with zero attached hydrogens (tertiary/aromatic N) is 1. The number of methoxy groups -OCH3 is 1. The van der Waals surface area contributed by atoms with Crippen LogP contribution in [0, 0.1) is 0 Å². The number of hydrogen-bond acceptors (Lipinski definition) is 4. The normalized spacial score (nSPS) is 13.2. The van der Waals surface area contributed by atoms with E-state index >= 15 is 0 Å². The first-order valence-corrected chi connectivity index (χ1v) is 8.93. The number of ether oxygens (including phenoxy) is 1. The van der Waals surface area contributed by atoms with Crippen molar-refractivity contribution in [2.45, 2.75) is 12.8 Å². The average Bonchev–Trinajstić information content (AvgIpc) is 3.21. The molecule has 1 amide bonds. The molecule has 0 spiro atoms. The molecule has 1 aliphatic rings. The number of para-hydroxylation sites is 1. The van der Waals surface area contributed by atoms with Crippen molar-refractivity contribution in [2.24, 2.45) is 0 Å². The first-order chi connectivity index (χ1) is 12.7. The van der Waals surface area contributed by atoms with E-state index in [9.17, 15) is 4.79 Å². The summed E-state index contributed by atoms with van der Waals surface area (Å²) in [7, 11) is 1.62. The Labute approximate surface area is 158 Å². The fraction of sp³-hybridized carbons (Fsp3) is 0.263. The number of carbonyl (C=O) groups excluding carboxylic acids is 1. The predicted octanol–water partition coefficient (Wildman–Crippen LogP) is 2.93. The van der Waals surface area contributed by atoms with Gasteiger partial charge in [0.25, 0.3) is 5.91 Å². The van der Waals surface area contributed by atoms with Crippen molar-refractivity contribution in [1.82, 2.24) is 10.9 Å². The van der Waals surface area contributed by atoms with Gasteiger partial charge in [0.2, 0.25) is 0 Å². The third-order valence-corrected chi connectivity index (χ3v) is 4.44. The molecule has 1 saturated heterocycles. The van der Waals surface area contributed by atoms with Crippen molar-refractivity contribution in [2.75, 3.05) is 30.4 Å². The lowest BCUT2D eigenvalue weighted by molar-refractivity contribution is 0.0944. The summed E-state index contributed by atoms with van der Waals surface area (Å²) in [6.07, 6.45) is 2.31. The summed E-state index contributed by atoms with van der Waals surface area (Å²) in [6, 6.07) is 15.0. The van der Waals surface area contributed by atoms with Gasteiger partial charge in [-0.1, -0.05) is 12.1 Å². The van der Waals surface area contributed by atoms with Crippen molar-refractivity contribution >= 4 is 34.6 Å². The molecule has 0 radical (unpaired) electrons. The van der Waals surface area contributed by atoms with E-state index in [0.717, 1.165) is 43.1 Å². The van der Waals surface area contributed by atoms with E-state index in [1.54, 1.807) is 7.11 Å². The SMILES string of the molecule is COc1ccc(NC(=S)NNC(=O)c2ccccc2N2CCCC2)cc1. The molecule has 0 saturated carbocycles. The van der Waals surface area contributed by atoms with Gasteiger partial charge in [0, 0.05) is 24.5 Å². The molecule has 0 aromatic heterocycles.